The van der Waals surface area contributed by atoms with E-state index in [2.05, 4.69) is 54.1 Å². The molecule has 0 saturated heterocycles. The first-order chi connectivity index (χ1) is 10.0. The van der Waals surface area contributed by atoms with Gasteiger partial charge in [-0.2, -0.15) is 0 Å². The van der Waals surface area contributed by atoms with Gasteiger partial charge < -0.3 is 10.6 Å². The second-order valence-corrected chi connectivity index (χ2v) is 7.69. The first kappa shape index (κ1) is 13.2. The van der Waals surface area contributed by atoms with Crippen LogP contribution in [0.2, 0.25) is 0 Å². The average Bonchev–Trinajstić information content (AvgIpc) is 2.78. The summed E-state index contributed by atoms with van der Waals surface area (Å²) >= 11 is 0. The second-order valence-electron chi connectivity index (χ2n) is 7.69. The summed E-state index contributed by atoms with van der Waals surface area (Å²) < 4.78 is 0. The van der Waals surface area contributed by atoms with Crippen molar-refractivity contribution in [3.8, 4) is 0 Å². The van der Waals surface area contributed by atoms with Crippen LogP contribution in [0.1, 0.15) is 38.7 Å². The van der Waals surface area contributed by atoms with Crippen LogP contribution in [0.15, 0.2) is 35.3 Å². The lowest BCUT2D eigenvalue weighted by Gasteiger charge is -2.66. The van der Waals surface area contributed by atoms with Crippen molar-refractivity contribution in [2.24, 2.45) is 28.0 Å². The van der Waals surface area contributed by atoms with Crippen molar-refractivity contribution in [1.82, 2.24) is 4.90 Å². The fourth-order valence-corrected chi connectivity index (χ4v) is 5.15. The Morgan fingerprint density at radius 2 is 2.05 bits per heavy atom. The van der Waals surface area contributed by atoms with E-state index in [9.17, 15) is 0 Å². The first-order valence-corrected chi connectivity index (χ1v) is 8.15. The minimum atomic E-state index is 0.179. The van der Waals surface area contributed by atoms with Gasteiger partial charge in [-0.1, -0.05) is 44.2 Å². The van der Waals surface area contributed by atoms with Crippen LogP contribution in [0.3, 0.4) is 0 Å². The molecule has 2 bridgehead atoms. The molecule has 5 rings (SSSR count). The molecule has 1 aromatic carbocycles. The highest BCUT2D eigenvalue weighted by Gasteiger charge is 2.64. The Labute approximate surface area is 127 Å². The fraction of sp³-hybridized carbons (Fsp3) is 0.611. The Bertz CT molecular complexity index is 575. The zero-order valence-electron chi connectivity index (χ0n) is 13.0. The summed E-state index contributed by atoms with van der Waals surface area (Å²) in [5.41, 5.74) is 8.24. The van der Waals surface area contributed by atoms with Crippen molar-refractivity contribution >= 4 is 5.96 Å². The number of fused-ring (bicyclic) bond motifs is 1. The monoisotopic (exact) mass is 283 g/mol. The summed E-state index contributed by atoms with van der Waals surface area (Å²) in [6.07, 6.45) is 3.95. The Balaban J connectivity index is 1.66. The van der Waals surface area contributed by atoms with Crippen LogP contribution in [-0.4, -0.2) is 22.9 Å². The molecular weight excluding hydrogens is 258 g/mol. The Morgan fingerprint density at radius 1 is 1.29 bits per heavy atom. The normalized spacial score (nSPS) is 36.5. The van der Waals surface area contributed by atoms with E-state index in [1.807, 2.05) is 0 Å². The van der Waals surface area contributed by atoms with Gasteiger partial charge >= 0.3 is 0 Å². The third-order valence-electron chi connectivity index (χ3n) is 6.56. The van der Waals surface area contributed by atoms with Gasteiger partial charge in [0.05, 0.1) is 12.1 Å². The summed E-state index contributed by atoms with van der Waals surface area (Å²) in [5.74, 6) is 2.39. The number of nitrogens with two attached hydrogens (primary N) is 1. The first-order valence-electron chi connectivity index (χ1n) is 8.15. The van der Waals surface area contributed by atoms with Crippen LogP contribution >= 0.6 is 0 Å². The molecule has 3 nitrogen and oxygen atoms in total. The highest BCUT2D eigenvalue weighted by atomic mass is 15.4. The Hall–Kier alpha value is -1.51. The molecule has 0 aromatic heterocycles. The SMILES string of the molecule is CC1(C)C2CCC3(CN=C(N)N3Cc3ccccc3)C1C2. The lowest BCUT2D eigenvalue weighted by atomic mass is 9.43. The zero-order valence-corrected chi connectivity index (χ0v) is 13.0. The molecule has 1 aromatic rings. The van der Waals surface area contributed by atoms with Crippen LogP contribution in [0.5, 0.6) is 0 Å². The van der Waals surface area contributed by atoms with Gasteiger partial charge in [-0.05, 0) is 42.1 Å². The number of benzene rings is 1. The zero-order chi connectivity index (χ0) is 14.7. The van der Waals surface area contributed by atoms with Crippen LogP contribution in [0.25, 0.3) is 0 Å². The standard InChI is InChI=1S/C18H25N3/c1-17(2)14-8-9-18(15(17)10-14)12-20-16(19)21(18)11-13-6-4-3-5-7-13/h3-7,14-15H,8-12H2,1-2H3,(H2,19,20). The van der Waals surface area contributed by atoms with Gasteiger partial charge in [-0.25, -0.2) is 0 Å². The molecule has 3 atom stereocenters. The van der Waals surface area contributed by atoms with Gasteiger partial charge in [-0.15, -0.1) is 0 Å². The van der Waals surface area contributed by atoms with E-state index in [1.165, 1.54) is 24.8 Å². The molecule has 3 saturated carbocycles. The molecule has 1 aliphatic heterocycles. The lowest BCUT2D eigenvalue weighted by molar-refractivity contribution is -0.150. The largest absolute Gasteiger partial charge is 0.370 e. The van der Waals surface area contributed by atoms with E-state index >= 15 is 0 Å². The molecule has 0 radical (unpaired) electrons. The van der Waals surface area contributed by atoms with Gasteiger partial charge in [0.1, 0.15) is 0 Å². The molecule has 3 fully saturated rings. The average molecular weight is 283 g/mol. The van der Waals surface area contributed by atoms with Crippen molar-refractivity contribution in [2.75, 3.05) is 6.54 Å². The summed E-state index contributed by atoms with van der Waals surface area (Å²) in [6.45, 7) is 6.68. The predicted octanol–water partition coefficient (Wildman–Crippen LogP) is 3.01. The molecule has 3 aliphatic carbocycles. The third-order valence-corrected chi connectivity index (χ3v) is 6.56. The lowest BCUT2D eigenvalue weighted by Crippen LogP contribution is -2.68. The molecule has 3 unspecified atom stereocenters. The number of nitrogens with zero attached hydrogens (tertiary/aromatic N) is 2. The maximum absolute atomic E-state index is 6.28. The fourth-order valence-electron chi connectivity index (χ4n) is 5.15. The van der Waals surface area contributed by atoms with Crippen LogP contribution < -0.4 is 5.73 Å². The minimum absolute atomic E-state index is 0.179. The highest BCUT2D eigenvalue weighted by Crippen LogP contribution is 2.65. The summed E-state index contributed by atoms with van der Waals surface area (Å²) in [7, 11) is 0. The second kappa shape index (κ2) is 4.25. The van der Waals surface area contributed by atoms with E-state index in [-0.39, 0.29) is 5.54 Å². The van der Waals surface area contributed by atoms with Gasteiger partial charge in [-0.3, -0.25) is 4.99 Å². The quantitative estimate of drug-likeness (QED) is 0.906. The van der Waals surface area contributed by atoms with Crippen LogP contribution in [-0.2, 0) is 6.54 Å². The predicted molar refractivity (Wildman–Crippen MR) is 85.8 cm³/mol. The topological polar surface area (TPSA) is 41.6 Å². The Kier molecular flexibility index (Phi) is 2.66. The van der Waals surface area contributed by atoms with Crippen molar-refractivity contribution < 1.29 is 0 Å². The van der Waals surface area contributed by atoms with Gasteiger partial charge in [0.25, 0.3) is 0 Å². The number of aliphatic imine (C=N–C) groups is 1. The summed E-state index contributed by atoms with van der Waals surface area (Å²) in [4.78, 5) is 7.07. The Morgan fingerprint density at radius 3 is 2.71 bits per heavy atom. The molecule has 3 heteroatoms. The molecule has 2 N–H and O–H groups in total. The van der Waals surface area contributed by atoms with Crippen molar-refractivity contribution in [3.63, 3.8) is 0 Å². The molecule has 0 amide bonds. The molecular formula is C18H25N3. The van der Waals surface area contributed by atoms with Gasteiger partial charge in [0.15, 0.2) is 5.96 Å². The maximum Gasteiger partial charge on any atom is 0.192 e. The van der Waals surface area contributed by atoms with Crippen molar-refractivity contribution in [1.29, 1.82) is 0 Å². The minimum Gasteiger partial charge on any atom is -0.370 e. The summed E-state index contributed by atoms with van der Waals surface area (Å²) in [5, 5.41) is 0. The van der Waals surface area contributed by atoms with E-state index in [1.54, 1.807) is 0 Å². The molecule has 1 spiro atoms. The van der Waals surface area contributed by atoms with Gasteiger partial charge in [0.2, 0.25) is 0 Å². The molecule has 1 heterocycles. The smallest absolute Gasteiger partial charge is 0.192 e. The van der Waals surface area contributed by atoms with E-state index in [0.717, 1.165) is 30.9 Å². The van der Waals surface area contributed by atoms with Crippen molar-refractivity contribution in [3.05, 3.63) is 35.9 Å². The number of guanidine groups is 1. The molecule has 112 valence electrons. The molecule has 4 aliphatic rings. The highest BCUT2D eigenvalue weighted by molar-refractivity contribution is 5.81. The number of hydrogen-bond acceptors (Lipinski definition) is 3. The summed E-state index contributed by atoms with van der Waals surface area (Å²) in [6, 6.07) is 10.7. The number of hydrogen-bond donors (Lipinski definition) is 1. The molecule has 21 heavy (non-hydrogen) atoms. The van der Waals surface area contributed by atoms with Gasteiger partial charge in [0, 0.05) is 6.54 Å². The maximum atomic E-state index is 6.28. The van der Waals surface area contributed by atoms with Crippen LogP contribution in [0, 0.1) is 17.3 Å². The van der Waals surface area contributed by atoms with E-state index < -0.39 is 0 Å². The third kappa shape index (κ3) is 1.69. The number of rotatable bonds is 2. The van der Waals surface area contributed by atoms with Crippen molar-refractivity contribution in [2.45, 2.75) is 45.2 Å². The van der Waals surface area contributed by atoms with Crippen LogP contribution in [0.4, 0.5) is 0 Å². The van der Waals surface area contributed by atoms with E-state index in [0.29, 0.717) is 5.41 Å². The van der Waals surface area contributed by atoms with E-state index in [4.69, 9.17) is 5.73 Å².